The molecule has 0 aliphatic rings. The van der Waals surface area contributed by atoms with E-state index in [0.29, 0.717) is 0 Å². The van der Waals surface area contributed by atoms with Crippen molar-refractivity contribution in [1.29, 1.82) is 0 Å². The van der Waals surface area contributed by atoms with E-state index in [9.17, 15) is 9.59 Å². The zero-order valence-electron chi connectivity index (χ0n) is 11.4. The molecule has 0 spiro atoms. The van der Waals surface area contributed by atoms with Crippen molar-refractivity contribution in [3.05, 3.63) is 35.4 Å². The molecule has 5 heteroatoms. The first kappa shape index (κ1) is 15.6. The predicted molar refractivity (Wildman–Crippen MR) is 79.2 cm³/mol. The van der Waals surface area contributed by atoms with Crippen LogP contribution < -0.4 is 10.6 Å². The lowest BCUT2D eigenvalue weighted by Gasteiger charge is -2.20. The average molecular weight is 280 g/mol. The van der Waals surface area contributed by atoms with Gasteiger partial charge in [0.05, 0.1) is 6.04 Å². The average Bonchev–Trinajstić information content (AvgIpc) is 2.36. The molecule has 0 heterocycles. The molecule has 104 valence electrons. The molecule has 0 bridgehead atoms. The minimum absolute atomic E-state index is 0.107. The van der Waals surface area contributed by atoms with E-state index in [1.807, 2.05) is 38.1 Å². The summed E-state index contributed by atoms with van der Waals surface area (Å²) in [6, 6.07) is 7.25. The van der Waals surface area contributed by atoms with Crippen molar-refractivity contribution in [2.75, 3.05) is 5.75 Å². The third kappa shape index (κ3) is 4.95. The Morgan fingerprint density at radius 3 is 2.26 bits per heavy atom. The largest absolute Gasteiger partial charge is 0.348 e. The van der Waals surface area contributed by atoms with Gasteiger partial charge in [0.1, 0.15) is 6.04 Å². The predicted octanol–water partition coefficient (Wildman–Crippen LogP) is 1.61. The number of carbonyl (C=O) groups excluding carboxylic acids is 2. The summed E-state index contributed by atoms with van der Waals surface area (Å²) in [5.74, 6) is -0.193. The van der Waals surface area contributed by atoms with Crippen molar-refractivity contribution in [2.24, 2.45) is 0 Å². The summed E-state index contributed by atoms with van der Waals surface area (Å²) >= 11 is 4.08. The summed E-state index contributed by atoms with van der Waals surface area (Å²) in [5.41, 5.74) is 2.20. The molecule has 1 aromatic rings. The van der Waals surface area contributed by atoms with E-state index in [4.69, 9.17) is 0 Å². The van der Waals surface area contributed by atoms with Crippen LogP contribution in [0.5, 0.6) is 0 Å². The Morgan fingerprint density at radius 1 is 1.21 bits per heavy atom. The monoisotopic (exact) mass is 280 g/mol. The minimum atomic E-state index is -0.603. The Bertz CT molecular complexity index is 445. The van der Waals surface area contributed by atoms with Gasteiger partial charge in [-0.15, -0.1) is 0 Å². The van der Waals surface area contributed by atoms with Gasteiger partial charge in [0.15, 0.2) is 0 Å². The number of hydrogen-bond acceptors (Lipinski definition) is 3. The van der Waals surface area contributed by atoms with Gasteiger partial charge in [-0.25, -0.2) is 0 Å². The maximum absolute atomic E-state index is 12.0. The van der Waals surface area contributed by atoms with Crippen LogP contribution in [0.15, 0.2) is 24.3 Å². The van der Waals surface area contributed by atoms with Crippen LogP contribution in [0.25, 0.3) is 0 Å². The van der Waals surface area contributed by atoms with Crippen LogP contribution in [-0.2, 0) is 9.59 Å². The van der Waals surface area contributed by atoms with E-state index in [0.717, 1.165) is 5.56 Å². The number of thiol groups is 1. The summed E-state index contributed by atoms with van der Waals surface area (Å²) in [5, 5.41) is 5.44. The van der Waals surface area contributed by atoms with Crippen LogP contribution in [0, 0.1) is 6.92 Å². The molecule has 0 saturated heterocycles. The van der Waals surface area contributed by atoms with E-state index in [1.165, 1.54) is 12.5 Å². The van der Waals surface area contributed by atoms with Crippen molar-refractivity contribution in [2.45, 2.75) is 32.9 Å². The van der Waals surface area contributed by atoms with Crippen LogP contribution in [-0.4, -0.2) is 23.6 Å². The number of rotatable bonds is 5. The Labute approximate surface area is 119 Å². The maximum atomic E-state index is 12.0. The van der Waals surface area contributed by atoms with Gasteiger partial charge in [0.25, 0.3) is 0 Å². The van der Waals surface area contributed by atoms with Gasteiger partial charge in [0, 0.05) is 12.7 Å². The third-order valence-corrected chi connectivity index (χ3v) is 3.18. The fourth-order valence-electron chi connectivity index (χ4n) is 1.69. The zero-order valence-corrected chi connectivity index (χ0v) is 12.3. The molecule has 0 radical (unpaired) electrons. The maximum Gasteiger partial charge on any atom is 0.243 e. The Hall–Kier alpha value is -1.49. The lowest BCUT2D eigenvalue weighted by atomic mass is 10.1. The Kier molecular flexibility index (Phi) is 5.89. The second kappa shape index (κ2) is 7.19. The van der Waals surface area contributed by atoms with E-state index >= 15 is 0 Å². The molecule has 0 aliphatic heterocycles. The molecule has 1 aromatic carbocycles. The number of carbonyl (C=O) groups is 2. The lowest BCUT2D eigenvalue weighted by Crippen LogP contribution is -2.47. The lowest BCUT2D eigenvalue weighted by molar-refractivity contribution is -0.127. The highest BCUT2D eigenvalue weighted by atomic mass is 32.1. The fourth-order valence-corrected chi connectivity index (χ4v) is 1.95. The van der Waals surface area contributed by atoms with Crippen molar-refractivity contribution in [1.82, 2.24) is 10.6 Å². The van der Waals surface area contributed by atoms with Crippen LogP contribution in [0.1, 0.15) is 31.0 Å². The van der Waals surface area contributed by atoms with Crippen molar-refractivity contribution in [3.8, 4) is 0 Å². The number of aryl methyl sites for hydroxylation is 1. The van der Waals surface area contributed by atoms with Gasteiger partial charge in [-0.2, -0.15) is 12.6 Å². The van der Waals surface area contributed by atoms with Crippen LogP contribution >= 0.6 is 12.6 Å². The van der Waals surface area contributed by atoms with Gasteiger partial charge in [-0.05, 0) is 19.4 Å². The first-order valence-corrected chi connectivity index (χ1v) is 6.82. The summed E-state index contributed by atoms with van der Waals surface area (Å²) in [4.78, 5) is 23.0. The fraction of sp³-hybridized carbons (Fsp3) is 0.429. The molecule has 2 unspecified atom stereocenters. The van der Waals surface area contributed by atoms with Crippen molar-refractivity contribution in [3.63, 3.8) is 0 Å². The SMILES string of the molecule is CC(=O)NC(CS)C(=O)NC(C)c1ccc(C)cc1. The molecule has 0 aromatic heterocycles. The highest BCUT2D eigenvalue weighted by Gasteiger charge is 2.19. The quantitative estimate of drug-likeness (QED) is 0.718. The van der Waals surface area contributed by atoms with Crippen molar-refractivity contribution >= 4 is 24.4 Å². The number of amides is 2. The zero-order chi connectivity index (χ0) is 14.4. The molecule has 0 fully saturated rings. The second-order valence-corrected chi connectivity index (χ2v) is 4.94. The minimum Gasteiger partial charge on any atom is -0.348 e. The van der Waals surface area contributed by atoms with Gasteiger partial charge in [-0.1, -0.05) is 29.8 Å². The molecule has 0 saturated carbocycles. The van der Waals surface area contributed by atoms with E-state index in [2.05, 4.69) is 23.3 Å². The first-order chi connectivity index (χ1) is 8.93. The molecular formula is C14H20N2O2S. The summed E-state index contributed by atoms with van der Waals surface area (Å²) < 4.78 is 0. The third-order valence-electron chi connectivity index (χ3n) is 2.81. The number of hydrogen-bond donors (Lipinski definition) is 3. The normalized spacial score (nSPS) is 13.5. The molecule has 1 rings (SSSR count). The molecule has 2 atom stereocenters. The first-order valence-electron chi connectivity index (χ1n) is 6.19. The second-order valence-electron chi connectivity index (χ2n) is 4.58. The highest BCUT2D eigenvalue weighted by Crippen LogP contribution is 2.13. The van der Waals surface area contributed by atoms with E-state index in [-0.39, 0.29) is 23.6 Å². The molecule has 2 N–H and O–H groups in total. The molecular weight excluding hydrogens is 260 g/mol. The van der Waals surface area contributed by atoms with Crippen molar-refractivity contribution < 1.29 is 9.59 Å². The molecule has 4 nitrogen and oxygen atoms in total. The van der Waals surface area contributed by atoms with Crippen LogP contribution in [0.3, 0.4) is 0 Å². The molecule has 2 amide bonds. The standard InChI is InChI=1S/C14H20N2O2S/c1-9-4-6-12(7-5-9)10(2)15-14(18)13(8-19)16-11(3)17/h4-7,10,13,19H,8H2,1-3H3,(H,15,18)(H,16,17). The highest BCUT2D eigenvalue weighted by molar-refractivity contribution is 7.80. The smallest absolute Gasteiger partial charge is 0.243 e. The topological polar surface area (TPSA) is 58.2 Å². The number of benzene rings is 1. The number of nitrogens with one attached hydrogen (secondary N) is 2. The Morgan fingerprint density at radius 2 is 1.79 bits per heavy atom. The summed E-state index contributed by atoms with van der Waals surface area (Å²) in [7, 11) is 0. The van der Waals surface area contributed by atoms with Gasteiger partial charge in [0.2, 0.25) is 11.8 Å². The van der Waals surface area contributed by atoms with E-state index in [1.54, 1.807) is 0 Å². The van der Waals surface area contributed by atoms with Gasteiger partial charge >= 0.3 is 0 Å². The molecule has 19 heavy (non-hydrogen) atoms. The van der Waals surface area contributed by atoms with Gasteiger partial charge < -0.3 is 10.6 Å². The summed E-state index contributed by atoms with van der Waals surface area (Å²) in [6.07, 6.45) is 0. The summed E-state index contributed by atoms with van der Waals surface area (Å²) in [6.45, 7) is 5.31. The Balaban J connectivity index is 2.64. The van der Waals surface area contributed by atoms with Crippen LogP contribution in [0.2, 0.25) is 0 Å². The molecule has 0 aliphatic carbocycles. The van der Waals surface area contributed by atoms with Gasteiger partial charge in [-0.3, -0.25) is 9.59 Å². The van der Waals surface area contributed by atoms with E-state index < -0.39 is 6.04 Å². The van der Waals surface area contributed by atoms with Crippen LogP contribution in [0.4, 0.5) is 0 Å².